The summed E-state index contributed by atoms with van der Waals surface area (Å²) >= 11 is 0. The van der Waals surface area contributed by atoms with E-state index in [1.165, 1.54) is 25.8 Å². The molecule has 0 aliphatic carbocycles. The molecule has 0 amide bonds. The van der Waals surface area contributed by atoms with Gasteiger partial charge in [0.05, 0.1) is 0 Å². The van der Waals surface area contributed by atoms with Crippen LogP contribution in [0.15, 0.2) is 0 Å². The van der Waals surface area contributed by atoms with Crippen LogP contribution < -0.4 is 10.6 Å². The van der Waals surface area contributed by atoms with E-state index in [-0.39, 0.29) is 0 Å². The maximum Gasteiger partial charge on any atom is 0.0192 e. The number of rotatable bonds is 3. The lowest BCUT2D eigenvalue weighted by molar-refractivity contribution is 0.437. The standard InChI is InChI=1S/C10H22N2/c1-9(2)7-12-10-5-3-4-6-11-8-10/h9-12H,3-8H2,1-2H3/t10-/m0/s1. The zero-order valence-corrected chi connectivity index (χ0v) is 8.40. The Labute approximate surface area is 76.1 Å². The van der Waals surface area contributed by atoms with Gasteiger partial charge in [-0.05, 0) is 31.8 Å². The maximum absolute atomic E-state index is 3.60. The molecule has 1 aliphatic rings. The number of hydrogen-bond donors (Lipinski definition) is 2. The van der Waals surface area contributed by atoms with Gasteiger partial charge in [0.2, 0.25) is 0 Å². The predicted octanol–water partition coefficient (Wildman–Crippen LogP) is 1.37. The van der Waals surface area contributed by atoms with E-state index in [1.807, 2.05) is 0 Å². The van der Waals surface area contributed by atoms with Crippen LogP contribution in [0.2, 0.25) is 0 Å². The van der Waals surface area contributed by atoms with E-state index >= 15 is 0 Å². The number of nitrogens with one attached hydrogen (secondary N) is 2. The molecular formula is C10H22N2. The van der Waals surface area contributed by atoms with E-state index in [0.29, 0.717) is 0 Å². The fourth-order valence-electron chi connectivity index (χ4n) is 1.60. The first-order valence-corrected chi connectivity index (χ1v) is 5.23. The van der Waals surface area contributed by atoms with Crippen molar-refractivity contribution in [1.82, 2.24) is 10.6 Å². The van der Waals surface area contributed by atoms with Gasteiger partial charge in [-0.2, -0.15) is 0 Å². The van der Waals surface area contributed by atoms with Gasteiger partial charge in [-0.3, -0.25) is 0 Å². The van der Waals surface area contributed by atoms with Crippen LogP contribution in [0, 0.1) is 5.92 Å². The molecule has 12 heavy (non-hydrogen) atoms. The first kappa shape index (κ1) is 10.0. The molecule has 1 heterocycles. The van der Waals surface area contributed by atoms with Gasteiger partial charge in [-0.1, -0.05) is 20.3 Å². The summed E-state index contributed by atoms with van der Waals surface area (Å²) in [6.07, 6.45) is 4.07. The summed E-state index contributed by atoms with van der Waals surface area (Å²) in [7, 11) is 0. The van der Waals surface area contributed by atoms with Gasteiger partial charge in [-0.15, -0.1) is 0 Å². The highest BCUT2D eigenvalue weighted by atomic mass is 15.0. The van der Waals surface area contributed by atoms with E-state index in [2.05, 4.69) is 24.5 Å². The molecule has 0 aromatic rings. The van der Waals surface area contributed by atoms with Crippen molar-refractivity contribution < 1.29 is 0 Å². The van der Waals surface area contributed by atoms with Crippen molar-refractivity contribution in [3.05, 3.63) is 0 Å². The van der Waals surface area contributed by atoms with Crippen LogP contribution in [0.1, 0.15) is 33.1 Å². The fourth-order valence-corrected chi connectivity index (χ4v) is 1.60. The summed E-state index contributed by atoms with van der Waals surface area (Å²) in [5, 5.41) is 7.06. The topological polar surface area (TPSA) is 24.1 Å². The van der Waals surface area contributed by atoms with Crippen molar-refractivity contribution in [3.63, 3.8) is 0 Å². The third-order valence-electron chi connectivity index (χ3n) is 2.36. The van der Waals surface area contributed by atoms with E-state index in [1.54, 1.807) is 0 Å². The molecule has 2 heteroatoms. The molecule has 0 saturated carbocycles. The first-order valence-electron chi connectivity index (χ1n) is 5.23. The first-order chi connectivity index (χ1) is 5.79. The van der Waals surface area contributed by atoms with Crippen molar-refractivity contribution in [1.29, 1.82) is 0 Å². The van der Waals surface area contributed by atoms with E-state index < -0.39 is 0 Å². The minimum Gasteiger partial charge on any atom is -0.315 e. The van der Waals surface area contributed by atoms with Crippen LogP contribution in [-0.4, -0.2) is 25.7 Å². The quantitative estimate of drug-likeness (QED) is 0.668. The lowest BCUT2D eigenvalue weighted by Crippen LogP contribution is -2.38. The average Bonchev–Trinajstić information content (AvgIpc) is 2.28. The van der Waals surface area contributed by atoms with Crippen LogP contribution >= 0.6 is 0 Å². The van der Waals surface area contributed by atoms with Crippen LogP contribution in [0.5, 0.6) is 0 Å². The van der Waals surface area contributed by atoms with Crippen LogP contribution in [0.4, 0.5) is 0 Å². The summed E-state index contributed by atoms with van der Waals surface area (Å²) < 4.78 is 0. The van der Waals surface area contributed by atoms with Gasteiger partial charge in [0.15, 0.2) is 0 Å². The molecule has 1 rings (SSSR count). The molecule has 2 nitrogen and oxygen atoms in total. The summed E-state index contributed by atoms with van der Waals surface area (Å²) in [6.45, 7) is 8.05. The zero-order chi connectivity index (χ0) is 8.81. The molecule has 0 radical (unpaired) electrons. The highest BCUT2D eigenvalue weighted by Crippen LogP contribution is 2.04. The fraction of sp³-hybridized carbons (Fsp3) is 1.00. The molecule has 1 aliphatic heterocycles. The van der Waals surface area contributed by atoms with Crippen molar-refractivity contribution in [2.75, 3.05) is 19.6 Å². The lowest BCUT2D eigenvalue weighted by atomic mass is 10.1. The van der Waals surface area contributed by atoms with Crippen LogP contribution in [0.25, 0.3) is 0 Å². The normalized spacial score (nSPS) is 25.8. The molecule has 0 aromatic heterocycles. The van der Waals surface area contributed by atoms with Crippen molar-refractivity contribution >= 4 is 0 Å². The Morgan fingerprint density at radius 2 is 2.25 bits per heavy atom. The molecule has 72 valence electrons. The summed E-state index contributed by atoms with van der Waals surface area (Å²) in [4.78, 5) is 0. The van der Waals surface area contributed by atoms with Crippen LogP contribution in [-0.2, 0) is 0 Å². The van der Waals surface area contributed by atoms with Gasteiger partial charge < -0.3 is 10.6 Å². The lowest BCUT2D eigenvalue weighted by Gasteiger charge is -2.17. The largest absolute Gasteiger partial charge is 0.315 e. The molecule has 1 fully saturated rings. The Balaban J connectivity index is 2.12. The summed E-state index contributed by atoms with van der Waals surface area (Å²) in [6, 6.07) is 0.717. The third kappa shape index (κ3) is 4.07. The highest BCUT2D eigenvalue weighted by Gasteiger charge is 2.10. The van der Waals surface area contributed by atoms with Crippen molar-refractivity contribution in [2.45, 2.75) is 39.2 Å². The second-order valence-corrected chi connectivity index (χ2v) is 4.20. The van der Waals surface area contributed by atoms with Gasteiger partial charge in [0.1, 0.15) is 0 Å². The summed E-state index contributed by atoms with van der Waals surface area (Å²) in [5.74, 6) is 0.772. The monoisotopic (exact) mass is 170 g/mol. The Kier molecular flexibility index (Phi) is 4.62. The van der Waals surface area contributed by atoms with Crippen molar-refractivity contribution in [2.24, 2.45) is 5.92 Å². The Morgan fingerprint density at radius 3 is 3.00 bits per heavy atom. The van der Waals surface area contributed by atoms with E-state index in [9.17, 15) is 0 Å². The smallest absolute Gasteiger partial charge is 0.0192 e. The van der Waals surface area contributed by atoms with Crippen molar-refractivity contribution in [3.8, 4) is 0 Å². The van der Waals surface area contributed by atoms with Crippen LogP contribution in [0.3, 0.4) is 0 Å². The minimum atomic E-state index is 0.717. The molecule has 0 spiro atoms. The molecule has 1 saturated heterocycles. The summed E-state index contributed by atoms with van der Waals surface area (Å²) in [5.41, 5.74) is 0. The predicted molar refractivity (Wildman–Crippen MR) is 53.3 cm³/mol. The zero-order valence-electron chi connectivity index (χ0n) is 8.40. The Bertz CT molecular complexity index is 104. The molecule has 1 atom stereocenters. The molecule has 0 aromatic carbocycles. The second-order valence-electron chi connectivity index (χ2n) is 4.20. The maximum atomic E-state index is 3.60. The molecule has 0 unspecified atom stereocenters. The number of hydrogen-bond acceptors (Lipinski definition) is 2. The third-order valence-corrected chi connectivity index (χ3v) is 2.36. The second kappa shape index (κ2) is 5.55. The minimum absolute atomic E-state index is 0.717. The average molecular weight is 170 g/mol. The van der Waals surface area contributed by atoms with E-state index in [0.717, 1.165) is 25.0 Å². The van der Waals surface area contributed by atoms with E-state index in [4.69, 9.17) is 0 Å². The molecule has 2 N–H and O–H groups in total. The SMILES string of the molecule is CC(C)CN[C@H]1CCCCNC1. The van der Waals surface area contributed by atoms with Gasteiger partial charge in [-0.25, -0.2) is 0 Å². The molecular weight excluding hydrogens is 148 g/mol. The van der Waals surface area contributed by atoms with Gasteiger partial charge in [0, 0.05) is 12.6 Å². The Morgan fingerprint density at radius 1 is 1.42 bits per heavy atom. The Hall–Kier alpha value is -0.0800. The molecule has 0 bridgehead atoms. The highest BCUT2D eigenvalue weighted by molar-refractivity contribution is 4.73. The van der Waals surface area contributed by atoms with Gasteiger partial charge >= 0.3 is 0 Å². The van der Waals surface area contributed by atoms with Gasteiger partial charge in [0.25, 0.3) is 0 Å².